The van der Waals surface area contributed by atoms with Gasteiger partial charge in [0, 0.05) is 23.8 Å². The van der Waals surface area contributed by atoms with Gasteiger partial charge in [0.1, 0.15) is 0 Å². The highest BCUT2D eigenvalue weighted by atomic mass is 79.9. The molecule has 1 aliphatic rings. The molecule has 1 fully saturated rings. The first-order valence-corrected chi connectivity index (χ1v) is 10.0. The maximum atomic E-state index is 12.5. The molecule has 2 rings (SSSR count). The molecule has 1 saturated heterocycles. The summed E-state index contributed by atoms with van der Waals surface area (Å²) in [6, 6.07) is 2.73. The van der Waals surface area contributed by atoms with Gasteiger partial charge < -0.3 is 5.73 Å². The zero-order valence-electron chi connectivity index (χ0n) is 10.2. The maximum absolute atomic E-state index is 12.5. The van der Waals surface area contributed by atoms with E-state index in [9.17, 15) is 16.8 Å². The molecule has 0 unspecified atom stereocenters. The fourth-order valence-electron chi connectivity index (χ4n) is 1.85. The average molecular weight is 404 g/mol. The molecule has 0 atom stereocenters. The first-order valence-electron chi connectivity index (χ1n) is 5.58. The molecule has 0 saturated carbocycles. The van der Waals surface area contributed by atoms with Crippen molar-refractivity contribution in [2.45, 2.75) is 4.90 Å². The van der Waals surface area contributed by atoms with Gasteiger partial charge in [0.2, 0.25) is 10.0 Å². The van der Waals surface area contributed by atoms with Gasteiger partial charge in [-0.25, -0.2) is 16.8 Å². The van der Waals surface area contributed by atoms with E-state index in [4.69, 9.17) is 17.3 Å². The third-order valence-corrected chi connectivity index (χ3v) is 7.85. The second kappa shape index (κ2) is 5.45. The number of nitrogen functional groups attached to an aromatic ring is 1. The van der Waals surface area contributed by atoms with Crippen molar-refractivity contribution in [1.82, 2.24) is 4.31 Å². The molecule has 2 N–H and O–H groups in total. The summed E-state index contributed by atoms with van der Waals surface area (Å²) in [5.74, 6) is -0.361. The highest BCUT2D eigenvalue weighted by Crippen LogP contribution is 2.33. The van der Waals surface area contributed by atoms with Gasteiger partial charge in [-0.15, -0.1) is 0 Å². The van der Waals surface area contributed by atoms with Gasteiger partial charge in [-0.1, -0.05) is 11.6 Å². The van der Waals surface area contributed by atoms with Gasteiger partial charge in [-0.2, -0.15) is 4.31 Å². The summed E-state index contributed by atoms with van der Waals surface area (Å²) in [5, 5.41) is 0.203. The lowest BCUT2D eigenvalue weighted by atomic mass is 10.3. The van der Waals surface area contributed by atoms with Crippen LogP contribution in [-0.2, 0) is 19.9 Å². The number of nitrogens with zero attached hydrogens (tertiary/aromatic N) is 1. The summed E-state index contributed by atoms with van der Waals surface area (Å²) in [4.78, 5) is -0.0539. The number of rotatable bonds is 2. The Morgan fingerprint density at radius 1 is 1.25 bits per heavy atom. The van der Waals surface area contributed by atoms with Gasteiger partial charge in [0.25, 0.3) is 0 Å². The minimum atomic E-state index is -3.83. The largest absolute Gasteiger partial charge is 0.398 e. The Morgan fingerprint density at radius 3 is 2.35 bits per heavy atom. The van der Waals surface area contributed by atoms with Gasteiger partial charge in [-0.05, 0) is 28.1 Å². The molecule has 0 aliphatic carbocycles. The van der Waals surface area contributed by atoms with E-state index in [0.717, 1.165) is 4.31 Å². The number of halogens is 2. The van der Waals surface area contributed by atoms with Gasteiger partial charge >= 0.3 is 0 Å². The summed E-state index contributed by atoms with van der Waals surface area (Å²) in [5.41, 5.74) is 5.89. The van der Waals surface area contributed by atoms with Crippen molar-refractivity contribution in [2.75, 3.05) is 30.3 Å². The number of benzene rings is 1. The molecule has 0 bridgehead atoms. The second-order valence-corrected chi connectivity index (χ2v) is 9.80. The van der Waals surface area contributed by atoms with E-state index < -0.39 is 19.9 Å². The Hall–Kier alpha value is -0.350. The third-order valence-electron chi connectivity index (χ3n) is 2.95. The van der Waals surface area contributed by atoms with Crippen LogP contribution in [0.25, 0.3) is 0 Å². The molecule has 1 heterocycles. The number of sulfonamides is 1. The Balaban J connectivity index is 2.42. The molecule has 1 aliphatic heterocycles. The van der Waals surface area contributed by atoms with E-state index in [-0.39, 0.29) is 44.7 Å². The first-order chi connectivity index (χ1) is 9.13. The van der Waals surface area contributed by atoms with E-state index in [1.807, 2.05) is 0 Å². The van der Waals surface area contributed by atoms with Gasteiger partial charge in [0.05, 0.1) is 20.9 Å². The quantitative estimate of drug-likeness (QED) is 0.746. The highest BCUT2D eigenvalue weighted by Gasteiger charge is 2.33. The van der Waals surface area contributed by atoms with Crippen molar-refractivity contribution in [3.8, 4) is 0 Å². The maximum Gasteiger partial charge on any atom is 0.244 e. The summed E-state index contributed by atoms with van der Waals surface area (Å²) >= 11 is 8.96. The molecular weight excluding hydrogens is 392 g/mol. The number of hydrogen-bond acceptors (Lipinski definition) is 5. The predicted octanol–water partition coefficient (Wildman–Crippen LogP) is 1.10. The molecule has 10 heteroatoms. The number of sulfone groups is 1. The molecule has 0 spiro atoms. The van der Waals surface area contributed by atoms with Crippen LogP contribution >= 0.6 is 27.5 Å². The molecule has 1 aromatic carbocycles. The molecule has 0 radical (unpaired) electrons. The standard InChI is InChI=1S/C10H12BrClN2O4S2/c11-10-8(13)5-7(12)6-9(10)20(17,18)14-1-3-19(15,16)4-2-14/h5-6H,1-4,13H2. The molecule has 1 aromatic rings. The molecule has 112 valence electrons. The van der Waals surface area contributed by atoms with Crippen molar-refractivity contribution in [1.29, 1.82) is 0 Å². The van der Waals surface area contributed by atoms with Crippen LogP contribution in [0.15, 0.2) is 21.5 Å². The Labute approximate surface area is 131 Å². The normalized spacial score (nSPS) is 19.9. The smallest absolute Gasteiger partial charge is 0.244 e. The number of anilines is 1. The monoisotopic (exact) mass is 402 g/mol. The summed E-state index contributed by atoms with van der Waals surface area (Å²) in [6.45, 7) is -0.132. The lowest BCUT2D eigenvalue weighted by Gasteiger charge is -2.26. The third kappa shape index (κ3) is 3.11. The molecule has 0 amide bonds. The topological polar surface area (TPSA) is 97.5 Å². The highest BCUT2D eigenvalue weighted by molar-refractivity contribution is 9.10. The molecule has 0 aromatic heterocycles. The van der Waals surface area contributed by atoms with Crippen LogP contribution in [0.5, 0.6) is 0 Å². The van der Waals surface area contributed by atoms with Crippen LogP contribution in [0.3, 0.4) is 0 Å². The van der Waals surface area contributed by atoms with Gasteiger partial charge in [-0.3, -0.25) is 0 Å². The van der Waals surface area contributed by atoms with Crippen molar-refractivity contribution in [3.63, 3.8) is 0 Å². The Morgan fingerprint density at radius 2 is 1.80 bits per heavy atom. The Bertz CT molecular complexity index is 735. The SMILES string of the molecule is Nc1cc(Cl)cc(S(=O)(=O)N2CCS(=O)(=O)CC2)c1Br. The van der Waals surface area contributed by atoms with Crippen LogP contribution in [0, 0.1) is 0 Å². The van der Waals surface area contributed by atoms with Crippen LogP contribution in [0.2, 0.25) is 5.02 Å². The summed E-state index contributed by atoms with van der Waals surface area (Å²) in [7, 11) is -6.98. The van der Waals surface area contributed by atoms with Crippen LogP contribution < -0.4 is 5.73 Å². The van der Waals surface area contributed by atoms with Crippen LogP contribution in [0.1, 0.15) is 0 Å². The predicted molar refractivity (Wildman–Crippen MR) is 81.0 cm³/mol. The van der Waals surface area contributed by atoms with E-state index in [2.05, 4.69) is 15.9 Å². The van der Waals surface area contributed by atoms with Crippen LogP contribution in [0.4, 0.5) is 5.69 Å². The second-order valence-electron chi connectivity index (χ2n) is 4.36. The summed E-state index contributed by atoms with van der Waals surface area (Å²) < 4.78 is 49.1. The van der Waals surface area contributed by atoms with E-state index >= 15 is 0 Å². The van der Waals surface area contributed by atoms with Crippen molar-refractivity contribution in [2.24, 2.45) is 0 Å². The van der Waals surface area contributed by atoms with Crippen LogP contribution in [-0.4, -0.2) is 45.7 Å². The van der Waals surface area contributed by atoms with E-state index in [1.165, 1.54) is 12.1 Å². The minimum absolute atomic E-state index is 0.0539. The molecular formula is C10H12BrClN2O4S2. The minimum Gasteiger partial charge on any atom is -0.398 e. The molecule has 20 heavy (non-hydrogen) atoms. The van der Waals surface area contributed by atoms with E-state index in [0.29, 0.717) is 0 Å². The summed E-state index contributed by atoms with van der Waals surface area (Å²) in [6.07, 6.45) is 0. The first kappa shape index (κ1) is 16.0. The lowest BCUT2D eigenvalue weighted by Crippen LogP contribution is -2.43. The fraction of sp³-hybridized carbons (Fsp3) is 0.400. The number of hydrogen-bond donors (Lipinski definition) is 1. The van der Waals surface area contributed by atoms with E-state index in [1.54, 1.807) is 0 Å². The average Bonchev–Trinajstić information content (AvgIpc) is 2.33. The lowest BCUT2D eigenvalue weighted by molar-refractivity contribution is 0.430. The van der Waals surface area contributed by atoms with Gasteiger partial charge in [0.15, 0.2) is 9.84 Å². The number of nitrogens with two attached hydrogens (primary N) is 1. The van der Waals surface area contributed by atoms with Crippen molar-refractivity contribution in [3.05, 3.63) is 21.6 Å². The fourth-order valence-corrected chi connectivity index (χ4v) is 5.98. The molecule has 6 nitrogen and oxygen atoms in total. The zero-order valence-corrected chi connectivity index (χ0v) is 14.2. The Kier molecular flexibility index (Phi) is 4.37. The zero-order chi connectivity index (χ0) is 15.1. The van der Waals surface area contributed by atoms with Crippen molar-refractivity contribution >= 4 is 53.1 Å². The van der Waals surface area contributed by atoms with Crippen molar-refractivity contribution < 1.29 is 16.8 Å².